The summed E-state index contributed by atoms with van der Waals surface area (Å²) in [6, 6.07) is 8.75. The smallest absolute Gasteiger partial charge is 0.273 e. The van der Waals surface area contributed by atoms with Gasteiger partial charge in [0.25, 0.3) is 5.91 Å². The van der Waals surface area contributed by atoms with Crippen LogP contribution in [0.5, 0.6) is 0 Å². The fourth-order valence-electron chi connectivity index (χ4n) is 3.32. The number of nitrogens with one attached hydrogen (secondary N) is 2. The summed E-state index contributed by atoms with van der Waals surface area (Å²) in [6.07, 6.45) is 3.81. The van der Waals surface area contributed by atoms with Gasteiger partial charge in [0, 0.05) is 25.3 Å². The Labute approximate surface area is 154 Å². The van der Waals surface area contributed by atoms with Crippen LogP contribution in [0.1, 0.15) is 41.9 Å². The van der Waals surface area contributed by atoms with E-state index < -0.39 is 0 Å². The van der Waals surface area contributed by atoms with Crippen LogP contribution < -0.4 is 15.5 Å². The molecule has 1 saturated heterocycles. The minimum absolute atomic E-state index is 0.162. The van der Waals surface area contributed by atoms with E-state index in [1.165, 1.54) is 11.3 Å². The minimum atomic E-state index is -0.162. The average molecular weight is 356 g/mol. The standard InChI is InChI=1S/C19H28N6O/c1-3-24(17-6-4-5-15(2)13-17)12-11-21-19(26)18-14-25(23-22-18)16-7-9-20-10-8-16/h4-6,13-14,16,20H,3,7-12H2,1-2H3,(H,21,26). The fourth-order valence-corrected chi connectivity index (χ4v) is 3.32. The predicted molar refractivity (Wildman–Crippen MR) is 103 cm³/mol. The molecule has 3 rings (SSSR count). The molecule has 26 heavy (non-hydrogen) atoms. The number of carbonyl (C=O) groups excluding carboxylic acids is 1. The summed E-state index contributed by atoms with van der Waals surface area (Å²) >= 11 is 0. The number of piperidine rings is 1. The van der Waals surface area contributed by atoms with Crippen LogP contribution in [0.25, 0.3) is 0 Å². The Bertz CT molecular complexity index is 722. The summed E-state index contributed by atoms with van der Waals surface area (Å²) in [6.45, 7) is 8.40. The molecule has 1 amide bonds. The summed E-state index contributed by atoms with van der Waals surface area (Å²) in [5.74, 6) is -0.162. The lowest BCUT2D eigenvalue weighted by Gasteiger charge is -2.23. The molecule has 2 N–H and O–H groups in total. The van der Waals surface area contributed by atoms with Crippen LogP contribution in [0.15, 0.2) is 30.5 Å². The van der Waals surface area contributed by atoms with Crippen molar-refractivity contribution >= 4 is 11.6 Å². The van der Waals surface area contributed by atoms with Gasteiger partial charge in [-0.05, 0) is 57.5 Å². The molecular formula is C19H28N6O. The number of aromatic nitrogens is 3. The zero-order chi connectivity index (χ0) is 18.4. The summed E-state index contributed by atoms with van der Waals surface area (Å²) in [5.41, 5.74) is 2.81. The van der Waals surface area contributed by atoms with E-state index in [9.17, 15) is 4.79 Å². The van der Waals surface area contributed by atoms with Crippen LogP contribution in [0.2, 0.25) is 0 Å². The van der Waals surface area contributed by atoms with E-state index in [0.717, 1.165) is 39.0 Å². The summed E-state index contributed by atoms with van der Waals surface area (Å²) in [7, 11) is 0. The van der Waals surface area contributed by atoms with Crippen molar-refractivity contribution in [3.63, 3.8) is 0 Å². The van der Waals surface area contributed by atoms with Gasteiger partial charge in [0.05, 0.1) is 12.2 Å². The molecule has 0 aliphatic carbocycles. The zero-order valence-corrected chi connectivity index (χ0v) is 15.6. The van der Waals surface area contributed by atoms with Crippen molar-refractivity contribution in [3.8, 4) is 0 Å². The van der Waals surface area contributed by atoms with Crippen LogP contribution >= 0.6 is 0 Å². The van der Waals surface area contributed by atoms with Gasteiger partial charge in [0.15, 0.2) is 5.69 Å². The number of likely N-dealkylation sites (N-methyl/N-ethyl adjacent to an activating group) is 1. The van der Waals surface area contributed by atoms with Crippen LogP contribution in [0.3, 0.4) is 0 Å². The summed E-state index contributed by atoms with van der Waals surface area (Å²) in [4.78, 5) is 14.6. The molecule has 0 unspecified atom stereocenters. The average Bonchev–Trinajstić information content (AvgIpc) is 3.16. The molecule has 7 nitrogen and oxygen atoms in total. The van der Waals surface area contributed by atoms with Crippen LogP contribution in [0, 0.1) is 6.92 Å². The predicted octanol–water partition coefficient (Wildman–Crippen LogP) is 1.77. The van der Waals surface area contributed by atoms with Crippen LogP contribution in [-0.2, 0) is 0 Å². The first-order chi connectivity index (χ1) is 12.7. The molecule has 0 saturated carbocycles. The Hall–Kier alpha value is -2.41. The first kappa shape index (κ1) is 18.4. The maximum atomic E-state index is 12.3. The van der Waals surface area contributed by atoms with Gasteiger partial charge in [-0.15, -0.1) is 5.10 Å². The molecule has 0 radical (unpaired) electrons. The third-order valence-electron chi connectivity index (χ3n) is 4.84. The largest absolute Gasteiger partial charge is 0.370 e. The second kappa shape index (κ2) is 8.80. The van der Waals surface area contributed by atoms with Gasteiger partial charge in [0.2, 0.25) is 0 Å². The lowest BCUT2D eigenvalue weighted by Crippen LogP contribution is -2.35. The van der Waals surface area contributed by atoms with Gasteiger partial charge in [-0.1, -0.05) is 17.3 Å². The van der Waals surface area contributed by atoms with Crippen molar-refractivity contribution in [2.45, 2.75) is 32.7 Å². The molecule has 140 valence electrons. The van der Waals surface area contributed by atoms with Gasteiger partial charge in [-0.25, -0.2) is 4.68 Å². The number of hydrogen-bond acceptors (Lipinski definition) is 5. The van der Waals surface area contributed by atoms with E-state index in [1.54, 1.807) is 6.20 Å². The molecule has 0 atom stereocenters. The lowest BCUT2D eigenvalue weighted by molar-refractivity contribution is 0.0949. The molecule has 0 spiro atoms. The molecular weight excluding hydrogens is 328 g/mol. The SMILES string of the molecule is CCN(CCNC(=O)c1cn(C2CCNCC2)nn1)c1cccc(C)c1. The van der Waals surface area contributed by atoms with Gasteiger partial charge in [-0.3, -0.25) is 4.79 Å². The topological polar surface area (TPSA) is 75.1 Å². The number of amides is 1. The number of rotatable bonds is 7. The fraction of sp³-hybridized carbons (Fsp3) is 0.526. The van der Waals surface area contributed by atoms with E-state index >= 15 is 0 Å². The Balaban J connectivity index is 1.51. The van der Waals surface area contributed by atoms with E-state index in [0.29, 0.717) is 18.3 Å². The number of anilines is 1. The third-order valence-corrected chi connectivity index (χ3v) is 4.84. The van der Waals surface area contributed by atoms with Gasteiger partial charge < -0.3 is 15.5 Å². The highest BCUT2D eigenvalue weighted by molar-refractivity contribution is 5.91. The third kappa shape index (κ3) is 4.60. The molecule has 1 aromatic carbocycles. The van der Waals surface area contributed by atoms with Crippen molar-refractivity contribution in [3.05, 3.63) is 41.7 Å². The number of aryl methyl sites for hydroxylation is 1. The Morgan fingerprint density at radius 2 is 2.19 bits per heavy atom. The molecule has 2 aromatic rings. The number of nitrogens with zero attached hydrogens (tertiary/aromatic N) is 4. The maximum Gasteiger partial charge on any atom is 0.273 e. The number of benzene rings is 1. The van der Waals surface area contributed by atoms with Crippen molar-refractivity contribution < 1.29 is 4.79 Å². The molecule has 7 heteroatoms. The van der Waals surface area contributed by atoms with E-state index in [1.807, 2.05) is 4.68 Å². The first-order valence-corrected chi connectivity index (χ1v) is 9.39. The van der Waals surface area contributed by atoms with Gasteiger partial charge in [0.1, 0.15) is 0 Å². The first-order valence-electron chi connectivity index (χ1n) is 9.39. The number of hydrogen-bond donors (Lipinski definition) is 2. The second-order valence-electron chi connectivity index (χ2n) is 6.74. The molecule has 1 aliphatic heterocycles. The Morgan fingerprint density at radius 3 is 2.92 bits per heavy atom. The van der Waals surface area contributed by atoms with Crippen LogP contribution in [-0.4, -0.2) is 53.6 Å². The van der Waals surface area contributed by atoms with E-state index in [4.69, 9.17) is 0 Å². The highest BCUT2D eigenvalue weighted by Crippen LogP contribution is 2.17. The zero-order valence-electron chi connectivity index (χ0n) is 15.6. The summed E-state index contributed by atoms with van der Waals surface area (Å²) in [5, 5.41) is 14.5. The monoisotopic (exact) mass is 356 g/mol. The summed E-state index contributed by atoms with van der Waals surface area (Å²) < 4.78 is 1.83. The highest BCUT2D eigenvalue weighted by atomic mass is 16.2. The van der Waals surface area contributed by atoms with Gasteiger partial charge in [-0.2, -0.15) is 0 Å². The molecule has 0 bridgehead atoms. The van der Waals surface area contributed by atoms with Crippen molar-refractivity contribution in [1.29, 1.82) is 0 Å². The van der Waals surface area contributed by atoms with Crippen molar-refractivity contribution in [2.75, 3.05) is 37.6 Å². The lowest BCUT2D eigenvalue weighted by atomic mass is 10.1. The van der Waals surface area contributed by atoms with E-state index in [-0.39, 0.29) is 5.91 Å². The van der Waals surface area contributed by atoms with Crippen LogP contribution in [0.4, 0.5) is 5.69 Å². The van der Waals surface area contributed by atoms with Crippen molar-refractivity contribution in [1.82, 2.24) is 25.6 Å². The normalized spacial score (nSPS) is 15.0. The Kier molecular flexibility index (Phi) is 6.22. The van der Waals surface area contributed by atoms with Crippen molar-refractivity contribution in [2.24, 2.45) is 0 Å². The maximum absolute atomic E-state index is 12.3. The van der Waals surface area contributed by atoms with E-state index in [2.05, 4.69) is 64.0 Å². The highest BCUT2D eigenvalue weighted by Gasteiger charge is 2.18. The molecule has 2 heterocycles. The quantitative estimate of drug-likeness (QED) is 0.791. The Morgan fingerprint density at radius 1 is 1.38 bits per heavy atom. The number of carbonyl (C=O) groups is 1. The second-order valence-corrected chi connectivity index (χ2v) is 6.74. The molecule has 1 aromatic heterocycles. The minimum Gasteiger partial charge on any atom is -0.370 e. The molecule has 1 aliphatic rings. The van der Waals surface area contributed by atoms with Gasteiger partial charge >= 0.3 is 0 Å². The molecule has 1 fully saturated rings.